The number of benzene rings is 1. The molecule has 5 nitrogen and oxygen atoms in total. The molecule has 1 heterocycles. The third kappa shape index (κ3) is 1.28. The molecule has 0 saturated heterocycles. The summed E-state index contributed by atoms with van der Waals surface area (Å²) in [5.74, 6) is -0.121. The Labute approximate surface area is 86.6 Å². The van der Waals surface area contributed by atoms with E-state index < -0.39 is 0 Å². The van der Waals surface area contributed by atoms with Crippen molar-refractivity contribution in [2.75, 3.05) is 14.2 Å². The molecule has 1 aromatic carbocycles. The van der Waals surface area contributed by atoms with Crippen molar-refractivity contribution in [3.05, 3.63) is 29.3 Å². The summed E-state index contributed by atoms with van der Waals surface area (Å²) in [5, 5.41) is 0.976. The second kappa shape index (κ2) is 3.36. The molecule has 0 bridgehead atoms. The fourth-order valence-electron chi connectivity index (χ4n) is 1.55. The van der Waals surface area contributed by atoms with Crippen LogP contribution < -0.4 is 10.2 Å². The fraction of sp³-hybridized carbons (Fsp3) is 0.200. The highest BCUT2D eigenvalue weighted by molar-refractivity contribution is 6.21. The van der Waals surface area contributed by atoms with Crippen LogP contribution in [0.2, 0.25) is 0 Å². The van der Waals surface area contributed by atoms with Gasteiger partial charge in [0.25, 0.3) is 11.8 Å². The first-order chi connectivity index (χ1) is 7.19. The first-order valence-corrected chi connectivity index (χ1v) is 4.43. The molecule has 0 radical (unpaired) electrons. The molecule has 0 aliphatic carbocycles. The van der Waals surface area contributed by atoms with Crippen LogP contribution in [0.4, 0.5) is 0 Å². The Morgan fingerprint density at radius 3 is 2.47 bits per heavy atom. The Morgan fingerprint density at radius 1 is 1.20 bits per heavy atom. The van der Waals surface area contributed by atoms with Crippen LogP contribution in [0.25, 0.3) is 0 Å². The number of ether oxygens (including phenoxy) is 1. The van der Waals surface area contributed by atoms with E-state index in [-0.39, 0.29) is 11.8 Å². The topological polar surface area (TPSA) is 58.6 Å². The van der Waals surface area contributed by atoms with Crippen LogP contribution in [0.3, 0.4) is 0 Å². The Kier molecular flexibility index (Phi) is 2.17. The lowest BCUT2D eigenvalue weighted by atomic mass is 10.1. The monoisotopic (exact) mass is 206 g/mol. The van der Waals surface area contributed by atoms with Crippen LogP contribution in [0, 0.1) is 0 Å². The Morgan fingerprint density at radius 2 is 1.87 bits per heavy atom. The predicted molar refractivity (Wildman–Crippen MR) is 52.6 cm³/mol. The lowest BCUT2D eigenvalue weighted by Gasteiger charge is -2.09. The summed E-state index contributed by atoms with van der Waals surface area (Å²) >= 11 is 0. The summed E-state index contributed by atoms with van der Waals surface area (Å²) in [4.78, 5) is 23.3. The van der Waals surface area contributed by atoms with Gasteiger partial charge in [0, 0.05) is 7.05 Å². The summed E-state index contributed by atoms with van der Waals surface area (Å²) in [6, 6.07) is 4.81. The fourth-order valence-corrected chi connectivity index (χ4v) is 1.55. The molecule has 5 heteroatoms. The molecule has 78 valence electrons. The second-order valence-corrected chi connectivity index (χ2v) is 3.08. The second-order valence-electron chi connectivity index (χ2n) is 3.08. The van der Waals surface area contributed by atoms with Gasteiger partial charge < -0.3 is 4.74 Å². The highest BCUT2D eigenvalue weighted by atomic mass is 16.5. The Hall–Kier alpha value is -1.88. The standard InChI is InChI=1S/C10H10N2O3/c1-11-12-9(13)7-4-3-6(15-2)5-8(7)10(12)14/h3-5,11H,1-2H3. The minimum Gasteiger partial charge on any atom is -0.497 e. The van der Waals surface area contributed by atoms with Crippen molar-refractivity contribution in [3.8, 4) is 5.75 Å². The van der Waals surface area contributed by atoms with Gasteiger partial charge in [0.05, 0.1) is 18.2 Å². The van der Waals surface area contributed by atoms with Gasteiger partial charge in [-0.3, -0.25) is 9.59 Å². The van der Waals surface area contributed by atoms with E-state index in [2.05, 4.69) is 5.43 Å². The minimum absolute atomic E-state index is 0.333. The van der Waals surface area contributed by atoms with Crippen LogP contribution in [-0.2, 0) is 0 Å². The van der Waals surface area contributed by atoms with Gasteiger partial charge in [-0.25, -0.2) is 10.4 Å². The molecule has 0 saturated carbocycles. The van der Waals surface area contributed by atoms with Gasteiger partial charge in [-0.05, 0) is 18.2 Å². The maximum atomic E-state index is 11.7. The largest absolute Gasteiger partial charge is 0.497 e. The van der Waals surface area contributed by atoms with Gasteiger partial charge in [0.2, 0.25) is 0 Å². The van der Waals surface area contributed by atoms with Crippen molar-refractivity contribution in [1.82, 2.24) is 10.4 Å². The molecule has 0 fully saturated rings. The molecule has 1 N–H and O–H groups in total. The summed E-state index contributed by atoms with van der Waals surface area (Å²) in [6.45, 7) is 0. The average molecular weight is 206 g/mol. The summed E-state index contributed by atoms with van der Waals surface area (Å²) in [5.41, 5.74) is 3.31. The van der Waals surface area contributed by atoms with E-state index in [1.807, 2.05) is 0 Å². The zero-order valence-electron chi connectivity index (χ0n) is 8.40. The number of carbonyl (C=O) groups excluding carboxylic acids is 2. The number of carbonyl (C=O) groups is 2. The Balaban J connectivity index is 2.53. The number of hydrogen-bond acceptors (Lipinski definition) is 4. The first-order valence-electron chi connectivity index (χ1n) is 4.43. The van der Waals surface area contributed by atoms with Gasteiger partial charge in [0.15, 0.2) is 0 Å². The molecule has 1 aromatic rings. The zero-order chi connectivity index (χ0) is 11.0. The number of hydrogen-bond donors (Lipinski definition) is 1. The van der Waals surface area contributed by atoms with Crippen LogP contribution in [0.1, 0.15) is 20.7 Å². The van der Waals surface area contributed by atoms with Gasteiger partial charge >= 0.3 is 0 Å². The van der Waals surface area contributed by atoms with Crippen molar-refractivity contribution in [2.45, 2.75) is 0 Å². The molecule has 1 aliphatic rings. The summed E-state index contributed by atoms with van der Waals surface area (Å²) in [6.07, 6.45) is 0. The van der Waals surface area contributed by atoms with E-state index in [1.165, 1.54) is 14.2 Å². The number of rotatable bonds is 2. The summed E-state index contributed by atoms with van der Waals surface area (Å²) in [7, 11) is 3.04. The lowest BCUT2D eigenvalue weighted by Crippen LogP contribution is -2.39. The lowest BCUT2D eigenvalue weighted by molar-refractivity contribution is 0.0586. The predicted octanol–water partition coefficient (Wildman–Crippen LogP) is 0.426. The van der Waals surface area contributed by atoms with Crippen molar-refractivity contribution in [3.63, 3.8) is 0 Å². The van der Waals surface area contributed by atoms with E-state index in [9.17, 15) is 9.59 Å². The van der Waals surface area contributed by atoms with E-state index >= 15 is 0 Å². The molecule has 0 atom stereocenters. The molecule has 0 unspecified atom stereocenters. The minimum atomic E-state index is -0.351. The number of methoxy groups -OCH3 is 1. The number of nitrogens with one attached hydrogen (secondary N) is 1. The number of amides is 2. The molecule has 0 aromatic heterocycles. The highest BCUT2D eigenvalue weighted by Gasteiger charge is 2.35. The molecule has 2 amide bonds. The highest BCUT2D eigenvalue weighted by Crippen LogP contribution is 2.25. The number of fused-ring (bicyclic) bond motifs is 1. The zero-order valence-corrected chi connectivity index (χ0v) is 8.40. The molecule has 2 rings (SSSR count). The molecular weight excluding hydrogens is 196 g/mol. The molecular formula is C10H10N2O3. The maximum Gasteiger partial charge on any atom is 0.276 e. The number of imide groups is 1. The van der Waals surface area contributed by atoms with Gasteiger partial charge in [-0.15, -0.1) is 0 Å². The van der Waals surface area contributed by atoms with Crippen LogP contribution >= 0.6 is 0 Å². The van der Waals surface area contributed by atoms with Crippen molar-refractivity contribution in [1.29, 1.82) is 0 Å². The SMILES string of the molecule is CNN1C(=O)c2ccc(OC)cc2C1=O. The molecule has 1 aliphatic heterocycles. The van der Waals surface area contributed by atoms with Gasteiger partial charge in [0.1, 0.15) is 5.75 Å². The normalized spacial score (nSPS) is 14.4. The maximum absolute atomic E-state index is 11.7. The van der Waals surface area contributed by atoms with Crippen LogP contribution in [-0.4, -0.2) is 31.0 Å². The quantitative estimate of drug-likeness (QED) is 0.713. The molecule has 0 spiro atoms. The van der Waals surface area contributed by atoms with Crippen molar-refractivity contribution in [2.24, 2.45) is 0 Å². The van der Waals surface area contributed by atoms with Gasteiger partial charge in [-0.2, -0.15) is 0 Å². The third-order valence-electron chi connectivity index (χ3n) is 2.32. The van der Waals surface area contributed by atoms with E-state index in [0.29, 0.717) is 16.9 Å². The van der Waals surface area contributed by atoms with Gasteiger partial charge in [-0.1, -0.05) is 0 Å². The number of hydrazine groups is 1. The van der Waals surface area contributed by atoms with E-state index in [4.69, 9.17) is 4.74 Å². The summed E-state index contributed by atoms with van der Waals surface area (Å²) < 4.78 is 4.99. The smallest absolute Gasteiger partial charge is 0.276 e. The van der Waals surface area contributed by atoms with Crippen LogP contribution in [0.5, 0.6) is 5.75 Å². The average Bonchev–Trinajstić information content (AvgIpc) is 2.51. The Bertz CT molecular complexity index is 442. The molecule has 15 heavy (non-hydrogen) atoms. The van der Waals surface area contributed by atoms with Crippen molar-refractivity contribution < 1.29 is 14.3 Å². The first kappa shape index (κ1) is 9.67. The van der Waals surface area contributed by atoms with Crippen molar-refractivity contribution >= 4 is 11.8 Å². The van der Waals surface area contributed by atoms with E-state index in [1.54, 1.807) is 18.2 Å². The van der Waals surface area contributed by atoms with E-state index in [0.717, 1.165) is 5.01 Å². The third-order valence-corrected chi connectivity index (χ3v) is 2.32. The van der Waals surface area contributed by atoms with Crippen LogP contribution in [0.15, 0.2) is 18.2 Å². The number of nitrogens with zero attached hydrogens (tertiary/aromatic N) is 1.